The third-order valence-corrected chi connectivity index (χ3v) is 7.30. The molecule has 1 aliphatic heterocycles. The van der Waals surface area contributed by atoms with Gasteiger partial charge in [-0.3, -0.25) is 4.79 Å². The van der Waals surface area contributed by atoms with Crippen LogP contribution in [0.2, 0.25) is 0 Å². The van der Waals surface area contributed by atoms with Crippen LogP contribution in [0.1, 0.15) is 48.7 Å². The molecule has 1 aromatic carbocycles. The van der Waals surface area contributed by atoms with Crippen LogP contribution in [0.15, 0.2) is 65.8 Å². The van der Waals surface area contributed by atoms with E-state index >= 15 is 0 Å². The Hall–Kier alpha value is -3.46. The first-order valence-corrected chi connectivity index (χ1v) is 13.0. The molecule has 184 valence electrons. The maximum absolute atomic E-state index is 13.1. The number of pyridine rings is 2. The lowest BCUT2D eigenvalue weighted by Gasteiger charge is -2.33. The van der Waals surface area contributed by atoms with Gasteiger partial charge in [-0.15, -0.1) is 0 Å². The van der Waals surface area contributed by atoms with Crippen LogP contribution >= 0.6 is 0 Å². The van der Waals surface area contributed by atoms with E-state index < -0.39 is 15.9 Å². The van der Waals surface area contributed by atoms with Gasteiger partial charge in [-0.2, -0.15) is 13.4 Å². The van der Waals surface area contributed by atoms with Crippen LogP contribution in [0.5, 0.6) is 5.88 Å². The smallest absolute Gasteiger partial charge is 0.281 e. The zero-order valence-corrected chi connectivity index (χ0v) is 21.2. The van der Waals surface area contributed by atoms with Crippen LogP contribution in [-0.4, -0.2) is 36.4 Å². The summed E-state index contributed by atoms with van der Waals surface area (Å²) >= 11 is 0. The third kappa shape index (κ3) is 5.62. The number of amides is 1. The number of nitrogens with one attached hydrogen (secondary N) is 1. The van der Waals surface area contributed by atoms with E-state index in [1.165, 1.54) is 12.1 Å². The number of carbonyl (C=O) groups is 1. The lowest BCUT2D eigenvalue weighted by atomic mass is 9.97. The summed E-state index contributed by atoms with van der Waals surface area (Å²) < 4.78 is 33.8. The molecule has 1 amide bonds. The van der Waals surface area contributed by atoms with Crippen molar-refractivity contribution in [1.82, 2.24) is 14.7 Å². The molecule has 1 aliphatic rings. The minimum atomic E-state index is -4.24. The molecule has 0 aliphatic carbocycles. The summed E-state index contributed by atoms with van der Waals surface area (Å²) in [7, 11) is -4.24. The van der Waals surface area contributed by atoms with E-state index in [0.29, 0.717) is 11.7 Å². The van der Waals surface area contributed by atoms with Crippen molar-refractivity contribution in [3.63, 3.8) is 0 Å². The Balaban J connectivity index is 1.52. The van der Waals surface area contributed by atoms with Gasteiger partial charge >= 0.3 is 0 Å². The molecule has 35 heavy (non-hydrogen) atoms. The fourth-order valence-corrected chi connectivity index (χ4v) is 5.37. The summed E-state index contributed by atoms with van der Waals surface area (Å²) in [6, 6.07) is 15.4. The van der Waals surface area contributed by atoms with E-state index in [1.807, 2.05) is 31.2 Å². The normalized spacial score (nSPS) is 17.3. The van der Waals surface area contributed by atoms with Crippen LogP contribution in [-0.2, 0) is 16.6 Å². The number of aryl methyl sites for hydroxylation is 1. The summed E-state index contributed by atoms with van der Waals surface area (Å²) in [5.41, 5.74) is 2.06. The van der Waals surface area contributed by atoms with Gasteiger partial charge in [0, 0.05) is 24.3 Å². The van der Waals surface area contributed by atoms with Crippen LogP contribution < -0.4 is 14.4 Å². The number of hydrogen-bond donors (Lipinski definition) is 1. The standard InChI is InChI=1S/C26H30N4O4S/c1-18-10-12-20(13-11-18)17-34-22-8-5-9-23(28-22)35(32,33)29-25(31)21-7-6-14-27-24(21)30-16-19(2)15-26(30,3)4/h5-14,19H,15-17H2,1-4H3,(H,29,31). The number of hydrogen-bond acceptors (Lipinski definition) is 7. The maximum Gasteiger partial charge on any atom is 0.281 e. The van der Waals surface area contributed by atoms with Crippen molar-refractivity contribution in [1.29, 1.82) is 0 Å². The molecular formula is C26H30N4O4S. The second-order valence-corrected chi connectivity index (χ2v) is 11.3. The quantitative estimate of drug-likeness (QED) is 0.527. The SMILES string of the molecule is Cc1ccc(COc2cccc(S(=O)(=O)NC(=O)c3cccnc3N3CC(C)CC3(C)C)n2)cc1. The van der Waals surface area contributed by atoms with Gasteiger partial charge in [0.2, 0.25) is 5.88 Å². The van der Waals surface area contributed by atoms with E-state index in [2.05, 4.69) is 40.4 Å². The zero-order valence-electron chi connectivity index (χ0n) is 20.4. The zero-order chi connectivity index (χ0) is 25.2. The molecule has 1 N–H and O–H groups in total. The minimum absolute atomic E-state index is 0.149. The monoisotopic (exact) mass is 494 g/mol. The molecule has 3 aromatic rings. The van der Waals surface area contributed by atoms with Gasteiger partial charge in [-0.1, -0.05) is 42.8 Å². The number of anilines is 1. The highest BCUT2D eigenvalue weighted by molar-refractivity contribution is 7.90. The average Bonchev–Trinajstić information content (AvgIpc) is 3.10. The highest BCUT2D eigenvalue weighted by atomic mass is 32.2. The van der Waals surface area contributed by atoms with Gasteiger partial charge < -0.3 is 9.64 Å². The Morgan fingerprint density at radius 2 is 1.89 bits per heavy atom. The molecule has 9 heteroatoms. The number of sulfonamides is 1. The third-order valence-electron chi connectivity index (χ3n) is 6.07. The molecule has 1 fully saturated rings. The summed E-state index contributed by atoms with van der Waals surface area (Å²) in [5.74, 6) is 0.295. The van der Waals surface area contributed by atoms with E-state index in [9.17, 15) is 13.2 Å². The molecule has 0 saturated carbocycles. The summed E-state index contributed by atoms with van der Waals surface area (Å²) in [6.45, 7) is 9.31. The number of nitrogens with zero attached hydrogens (tertiary/aromatic N) is 3. The van der Waals surface area contributed by atoms with Gasteiger partial charge in [0.25, 0.3) is 15.9 Å². The lowest BCUT2D eigenvalue weighted by molar-refractivity contribution is 0.0981. The van der Waals surface area contributed by atoms with Crippen molar-refractivity contribution in [3.8, 4) is 5.88 Å². The highest BCUT2D eigenvalue weighted by Gasteiger charge is 2.39. The molecule has 1 atom stereocenters. The molecule has 0 bridgehead atoms. The van der Waals surface area contributed by atoms with Crippen molar-refractivity contribution in [2.24, 2.45) is 5.92 Å². The molecule has 0 spiro atoms. The van der Waals surface area contributed by atoms with Gasteiger partial charge in [-0.05, 0) is 56.9 Å². The van der Waals surface area contributed by atoms with E-state index in [1.54, 1.807) is 24.4 Å². The largest absolute Gasteiger partial charge is 0.473 e. The second-order valence-electron chi connectivity index (χ2n) is 9.63. The number of benzene rings is 1. The Morgan fingerprint density at radius 1 is 1.14 bits per heavy atom. The molecule has 8 nitrogen and oxygen atoms in total. The Labute approximate surface area is 206 Å². The van der Waals surface area contributed by atoms with Crippen molar-refractivity contribution in [2.75, 3.05) is 11.4 Å². The minimum Gasteiger partial charge on any atom is -0.473 e. The molecule has 1 unspecified atom stereocenters. The predicted molar refractivity (Wildman–Crippen MR) is 134 cm³/mol. The van der Waals surface area contributed by atoms with E-state index in [4.69, 9.17) is 4.74 Å². The molecule has 1 saturated heterocycles. The number of carbonyl (C=O) groups excluding carboxylic acids is 1. The van der Waals surface area contributed by atoms with Crippen molar-refractivity contribution >= 4 is 21.7 Å². The van der Waals surface area contributed by atoms with Gasteiger partial charge in [0.05, 0.1) is 5.56 Å². The summed E-state index contributed by atoms with van der Waals surface area (Å²) in [6.07, 6.45) is 2.55. The van der Waals surface area contributed by atoms with Crippen LogP contribution in [0.25, 0.3) is 0 Å². The average molecular weight is 495 g/mol. The number of aromatic nitrogens is 2. The van der Waals surface area contributed by atoms with Crippen LogP contribution in [0.4, 0.5) is 5.82 Å². The molecular weight excluding hydrogens is 464 g/mol. The van der Waals surface area contributed by atoms with Crippen molar-refractivity contribution < 1.29 is 17.9 Å². The Kier molecular flexibility index (Phi) is 6.80. The molecule has 3 heterocycles. The number of ether oxygens (including phenoxy) is 1. The van der Waals surface area contributed by atoms with Gasteiger partial charge in [0.1, 0.15) is 12.4 Å². The van der Waals surface area contributed by atoms with E-state index in [-0.39, 0.29) is 28.6 Å². The van der Waals surface area contributed by atoms with Gasteiger partial charge in [0.15, 0.2) is 5.03 Å². The first-order valence-electron chi connectivity index (χ1n) is 11.5. The lowest BCUT2D eigenvalue weighted by Crippen LogP contribution is -2.41. The summed E-state index contributed by atoms with van der Waals surface area (Å²) in [5, 5.41) is -0.298. The van der Waals surface area contributed by atoms with Crippen LogP contribution in [0.3, 0.4) is 0 Å². The Bertz CT molecular complexity index is 1320. The van der Waals surface area contributed by atoms with Crippen LogP contribution in [0, 0.1) is 12.8 Å². The fraction of sp³-hybridized carbons (Fsp3) is 0.346. The summed E-state index contributed by atoms with van der Waals surface area (Å²) in [4.78, 5) is 23.7. The van der Waals surface area contributed by atoms with Gasteiger partial charge in [-0.25, -0.2) is 9.71 Å². The van der Waals surface area contributed by atoms with E-state index in [0.717, 1.165) is 24.1 Å². The molecule has 2 aromatic heterocycles. The number of rotatable bonds is 7. The predicted octanol–water partition coefficient (Wildman–Crippen LogP) is 4.11. The van der Waals surface area contributed by atoms with Crippen molar-refractivity contribution in [2.45, 2.75) is 51.3 Å². The molecule has 4 rings (SSSR count). The highest BCUT2D eigenvalue weighted by Crippen LogP contribution is 2.37. The molecule has 0 radical (unpaired) electrons. The first kappa shape index (κ1) is 24.7. The Morgan fingerprint density at radius 3 is 2.57 bits per heavy atom. The van der Waals surface area contributed by atoms with Crippen molar-refractivity contribution in [3.05, 3.63) is 77.5 Å². The maximum atomic E-state index is 13.1. The first-order chi connectivity index (χ1) is 16.5. The topological polar surface area (TPSA) is 101 Å². The second kappa shape index (κ2) is 9.65. The fourth-order valence-electron chi connectivity index (χ4n) is 4.45.